The van der Waals surface area contributed by atoms with Crippen molar-refractivity contribution in [2.45, 2.75) is 12.7 Å². The largest absolute Gasteiger partial charge is 0.497 e. The molecule has 126 valence electrons. The Morgan fingerprint density at radius 3 is 2.79 bits per heavy atom. The molecule has 6 nitrogen and oxygen atoms in total. The van der Waals surface area contributed by atoms with E-state index in [1.807, 2.05) is 0 Å². The highest BCUT2D eigenvalue weighted by Gasteiger charge is 2.33. The van der Waals surface area contributed by atoms with Crippen LogP contribution in [0.5, 0.6) is 5.75 Å². The van der Waals surface area contributed by atoms with Gasteiger partial charge in [0.1, 0.15) is 5.75 Å². The molecule has 0 radical (unpaired) electrons. The van der Waals surface area contributed by atoms with Crippen molar-refractivity contribution in [2.24, 2.45) is 0 Å². The summed E-state index contributed by atoms with van der Waals surface area (Å²) >= 11 is 1.08. The molecule has 2 heterocycles. The van der Waals surface area contributed by atoms with Crippen LogP contribution in [0, 0.1) is 0 Å². The first kappa shape index (κ1) is 16.2. The van der Waals surface area contributed by atoms with Crippen LogP contribution in [-0.4, -0.2) is 21.7 Å². The van der Waals surface area contributed by atoms with Crippen molar-refractivity contribution in [3.05, 3.63) is 51.9 Å². The molecule has 0 fully saturated rings. The van der Waals surface area contributed by atoms with Crippen LogP contribution in [0.2, 0.25) is 0 Å². The molecule has 0 unspecified atom stereocenters. The second-order valence-corrected chi connectivity index (χ2v) is 5.72. The van der Waals surface area contributed by atoms with Gasteiger partial charge < -0.3 is 10.1 Å². The molecule has 3 rings (SSSR count). The lowest BCUT2D eigenvalue weighted by Gasteiger charge is -2.14. The quantitative estimate of drug-likeness (QED) is 0.779. The number of halogens is 3. The molecule has 0 spiro atoms. The Morgan fingerprint density at radius 2 is 2.12 bits per heavy atom. The molecule has 2 aromatic heterocycles. The summed E-state index contributed by atoms with van der Waals surface area (Å²) in [6.07, 6.45) is -3.15. The molecule has 0 saturated carbocycles. The maximum atomic E-state index is 13.2. The number of benzene rings is 1. The van der Waals surface area contributed by atoms with Crippen LogP contribution in [0.4, 0.5) is 18.3 Å². The Balaban J connectivity index is 1.88. The van der Waals surface area contributed by atoms with E-state index in [2.05, 4.69) is 15.4 Å². The first-order valence-corrected chi connectivity index (χ1v) is 7.53. The molecule has 0 aliphatic carbocycles. The molecule has 0 saturated heterocycles. The van der Waals surface area contributed by atoms with Gasteiger partial charge in [0.2, 0.25) is 10.1 Å². The monoisotopic (exact) mass is 356 g/mol. The Hall–Kier alpha value is -2.62. The fraction of sp³-hybridized carbons (Fsp3) is 0.214. The summed E-state index contributed by atoms with van der Waals surface area (Å²) in [5, 5.41) is 7.09. The number of anilines is 1. The van der Waals surface area contributed by atoms with Crippen LogP contribution < -0.4 is 15.6 Å². The SMILES string of the molecule is COc1ccc(CNc2nn3c(=O)ccnc3s2)c(C(F)(F)F)c1. The van der Waals surface area contributed by atoms with Crippen LogP contribution >= 0.6 is 11.3 Å². The number of hydrogen-bond donors (Lipinski definition) is 1. The number of fused-ring (bicyclic) bond motifs is 1. The Kier molecular flexibility index (Phi) is 4.14. The van der Waals surface area contributed by atoms with Crippen molar-refractivity contribution < 1.29 is 17.9 Å². The molecule has 10 heteroatoms. The number of hydrogen-bond acceptors (Lipinski definition) is 6. The van der Waals surface area contributed by atoms with Crippen molar-refractivity contribution in [3.63, 3.8) is 0 Å². The number of alkyl halides is 3. The van der Waals surface area contributed by atoms with Crippen LogP contribution in [0.3, 0.4) is 0 Å². The zero-order chi connectivity index (χ0) is 17.3. The van der Waals surface area contributed by atoms with Crippen molar-refractivity contribution in [1.82, 2.24) is 14.6 Å². The summed E-state index contributed by atoms with van der Waals surface area (Å²) in [4.78, 5) is 15.9. The van der Waals surface area contributed by atoms with Gasteiger partial charge >= 0.3 is 6.18 Å². The van der Waals surface area contributed by atoms with Crippen LogP contribution in [0.1, 0.15) is 11.1 Å². The van der Waals surface area contributed by atoms with Crippen molar-refractivity contribution in [1.29, 1.82) is 0 Å². The van der Waals surface area contributed by atoms with Gasteiger partial charge in [0, 0.05) is 18.8 Å². The first-order valence-electron chi connectivity index (χ1n) is 6.71. The zero-order valence-corrected chi connectivity index (χ0v) is 13.1. The second kappa shape index (κ2) is 6.11. The Bertz CT molecular complexity index is 936. The van der Waals surface area contributed by atoms with Gasteiger partial charge in [-0.15, -0.1) is 5.10 Å². The molecule has 0 aliphatic heterocycles. The van der Waals surface area contributed by atoms with Gasteiger partial charge in [-0.3, -0.25) is 4.79 Å². The van der Waals surface area contributed by atoms with E-state index in [-0.39, 0.29) is 23.4 Å². The summed E-state index contributed by atoms with van der Waals surface area (Å²) in [5.74, 6) is 0.127. The standard InChI is InChI=1S/C14H11F3N4O2S/c1-23-9-3-2-8(10(6-9)14(15,16)17)7-19-12-20-21-11(22)4-5-18-13(21)24-12/h2-6H,7H2,1H3,(H,19,20). The average Bonchev–Trinajstić information content (AvgIpc) is 2.96. The van der Waals surface area contributed by atoms with E-state index in [1.165, 1.54) is 31.5 Å². The fourth-order valence-electron chi connectivity index (χ4n) is 2.09. The van der Waals surface area contributed by atoms with E-state index in [9.17, 15) is 18.0 Å². The lowest BCUT2D eigenvalue weighted by molar-refractivity contribution is -0.138. The summed E-state index contributed by atoms with van der Waals surface area (Å²) in [7, 11) is 1.30. The third-order valence-corrected chi connectivity index (χ3v) is 4.10. The molecule has 1 N–H and O–H groups in total. The molecule has 3 aromatic rings. The Labute approximate surface area is 137 Å². The lowest BCUT2D eigenvalue weighted by atomic mass is 10.1. The van der Waals surface area contributed by atoms with E-state index in [4.69, 9.17) is 4.74 Å². The van der Waals surface area contributed by atoms with Gasteiger partial charge in [0.15, 0.2) is 0 Å². The van der Waals surface area contributed by atoms with Crippen molar-refractivity contribution in [2.75, 3.05) is 12.4 Å². The zero-order valence-electron chi connectivity index (χ0n) is 12.3. The highest BCUT2D eigenvalue weighted by atomic mass is 32.1. The average molecular weight is 356 g/mol. The molecular weight excluding hydrogens is 345 g/mol. The summed E-state index contributed by atoms with van der Waals surface area (Å²) in [5.41, 5.74) is -1.10. The maximum Gasteiger partial charge on any atom is 0.416 e. The van der Waals surface area contributed by atoms with Gasteiger partial charge in [-0.1, -0.05) is 17.4 Å². The van der Waals surface area contributed by atoms with Crippen LogP contribution in [0.15, 0.2) is 35.3 Å². The number of rotatable bonds is 4. The minimum atomic E-state index is -4.50. The fourth-order valence-corrected chi connectivity index (χ4v) is 2.86. The van der Waals surface area contributed by atoms with Gasteiger partial charge in [-0.05, 0) is 17.7 Å². The van der Waals surface area contributed by atoms with E-state index >= 15 is 0 Å². The minimum Gasteiger partial charge on any atom is -0.497 e. The number of aromatic nitrogens is 3. The highest BCUT2D eigenvalue weighted by Crippen LogP contribution is 2.34. The van der Waals surface area contributed by atoms with Crippen LogP contribution in [-0.2, 0) is 12.7 Å². The number of ether oxygens (including phenoxy) is 1. The molecular formula is C14H11F3N4O2S. The lowest BCUT2D eigenvalue weighted by Crippen LogP contribution is -2.14. The molecule has 0 aliphatic rings. The van der Waals surface area contributed by atoms with E-state index in [1.54, 1.807) is 0 Å². The van der Waals surface area contributed by atoms with E-state index < -0.39 is 11.7 Å². The van der Waals surface area contributed by atoms with E-state index in [0.717, 1.165) is 21.9 Å². The normalized spacial score (nSPS) is 11.7. The Morgan fingerprint density at radius 1 is 1.33 bits per heavy atom. The molecule has 1 aromatic carbocycles. The van der Waals surface area contributed by atoms with Crippen molar-refractivity contribution >= 4 is 21.4 Å². The molecule has 0 amide bonds. The summed E-state index contributed by atoms with van der Waals surface area (Å²) in [6, 6.07) is 4.99. The van der Waals surface area contributed by atoms with E-state index in [0.29, 0.717) is 10.1 Å². The van der Waals surface area contributed by atoms with Crippen LogP contribution in [0.25, 0.3) is 4.96 Å². The minimum absolute atomic E-state index is 0.0443. The van der Waals surface area contributed by atoms with Gasteiger partial charge in [-0.2, -0.15) is 17.7 Å². The highest BCUT2D eigenvalue weighted by molar-refractivity contribution is 7.20. The van der Waals surface area contributed by atoms with Gasteiger partial charge in [0.25, 0.3) is 5.56 Å². The summed E-state index contributed by atoms with van der Waals surface area (Å²) < 4.78 is 45.4. The predicted octanol–water partition coefficient (Wildman–Crippen LogP) is 2.79. The third-order valence-electron chi connectivity index (χ3n) is 3.22. The van der Waals surface area contributed by atoms with Gasteiger partial charge in [-0.25, -0.2) is 4.98 Å². The van der Waals surface area contributed by atoms with Gasteiger partial charge in [0.05, 0.1) is 12.7 Å². The predicted molar refractivity (Wildman–Crippen MR) is 82.5 cm³/mol. The summed E-state index contributed by atoms with van der Waals surface area (Å²) in [6.45, 7) is -0.104. The first-order chi connectivity index (χ1) is 11.4. The molecule has 0 bridgehead atoms. The molecule has 0 atom stereocenters. The smallest absolute Gasteiger partial charge is 0.416 e. The number of methoxy groups -OCH3 is 1. The number of nitrogens with one attached hydrogen (secondary N) is 1. The third kappa shape index (κ3) is 3.18. The second-order valence-electron chi connectivity index (χ2n) is 4.76. The van der Waals surface area contributed by atoms with Crippen molar-refractivity contribution in [3.8, 4) is 5.75 Å². The topological polar surface area (TPSA) is 68.5 Å². The number of nitrogens with zero attached hydrogens (tertiary/aromatic N) is 3. The molecule has 24 heavy (non-hydrogen) atoms. The maximum absolute atomic E-state index is 13.2.